The maximum Gasteiger partial charge on any atom is 0.373 e. The van der Waals surface area contributed by atoms with Gasteiger partial charge in [-0.1, -0.05) is 68.3 Å². The van der Waals surface area contributed by atoms with Crippen LogP contribution in [0.2, 0.25) is 0 Å². The minimum absolute atomic E-state index is 0.490. The van der Waals surface area contributed by atoms with Crippen LogP contribution in [0.15, 0.2) is 48.5 Å². The predicted molar refractivity (Wildman–Crippen MR) is 95.3 cm³/mol. The molecule has 0 heterocycles. The molecule has 0 aliphatic carbocycles. The molecule has 1 N–H and O–H groups in total. The summed E-state index contributed by atoms with van der Waals surface area (Å²) in [6.07, 6.45) is 2.17. The number of hydrogen-bond donors (Lipinski definition) is 1. The third-order valence-electron chi connectivity index (χ3n) is 4.70. The maximum absolute atomic E-state index is 13.0. The van der Waals surface area contributed by atoms with Gasteiger partial charge in [-0.15, -0.1) is 0 Å². The van der Waals surface area contributed by atoms with Crippen molar-refractivity contribution in [1.29, 1.82) is 0 Å². The molecular weight excluding hydrogens is 300 g/mol. The summed E-state index contributed by atoms with van der Waals surface area (Å²) in [6, 6.07) is 15.2. The van der Waals surface area contributed by atoms with Gasteiger partial charge in [0.05, 0.1) is 5.41 Å². The SMILES string of the molecule is CCCCC(C(=O)C(=O)O)(c1ccccc1C)c1ccccc1C. The first-order chi connectivity index (χ1) is 11.4. The largest absolute Gasteiger partial charge is 0.475 e. The number of carbonyl (C=O) groups is 2. The number of aliphatic carboxylic acids is 1. The van der Waals surface area contributed by atoms with Crippen LogP contribution in [0.3, 0.4) is 0 Å². The zero-order chi connectivity index (χ0) is 17.7. The number of carboxylic acids is 1. The summed E-state index contributed by atoms with van der Waals surface area (Å²) < 4.78 is 0. The Morgan fingerprint density at radius 1 is 0.917 bits per heavy atom. The highest BCUT2D eigenvalue weighted by molar-refractivity contribution is 6.37. The van der Waals surface area contributed by atoms with Gasteiger partial charge in [0, 0.05) is 0 Å². The Labute approximate surface area is 143 Å². The van der Waals surface area contributed by atoms with Gasteiger partial charge in [0.2, 0.25) is 0 Å². The lowest BCUT2D eigenvalue weighted by Gasteiger charge is -2.34. The first-order valence-corrected chi connectivity index (χ1v) is 8.35. The molecule has 0 aliphatic rings. The summed E-state index contributed by atoms with van der Waals surface area (Å²) in [5.41, 5.74) is 2.32. The van der Waals surface area contributed by atoms with Crippen molar-refractivity contribution >= 4 is 11.8 Å². The van der Waals surface area contributed by atoms with Gasteiger partial charge in [0.1, 0.15) is 0 Å². The molecule has 0 radical (unpaired) electrons. The van der Waals surface area contributed by atoms with E-state index in [1.54, 1.807) is 0 Å². The highest BCUT2D eigenvalue weighted by Gasteiger charge is 2.46. The number of unbranched alkanes of at least 4 members (excludes halogenated alkanes) is 1. The minimum Gasteiger partial charge on any atom is -0.475 e. The molecule has 2 aromatic rings. The maximum atomic E-state index is 13.0. The third-order valence-corrected chi connectivity index (χ3v) is 4.70. The van der Waals surface area contributed by atoms with Gasteiger partial charge >= 0.3 is 5.97 Å². The molecule has 0 bridgehead atoms. The van der Waals surface area contributed by atoms with Crippen LogP contribution in [0.1, 0.15) is 48.4 Å². The zero-order valence-corrected chi connectivity index (χ0v) is 14.5. The minimum atomic E-state index is -1.38. The van der Waals surface area contributed by atoms with Crippen molar-refractivity contribution in [2.24, 2.45) is 0 Å². The summed E-state index contributed by atoms with van der Waals surface area (Å²) in [5.74, 6) is -2.13. The molecule has 0 spiro atoms. The number of aryl methyl sites for hydroxylation is 2. The number of rotatable bonds is 7. The fraction of sp³-hybridized carbons (Fsp3) is 0.333. The van der Waals surface area contributed by atoms with E-state index in [4.69, 9.17) is 0 Å². The van der Waals surface area contributed by atoms with Crippen LogP contribution in [0, 0.1) is 13.8 Å². The van der Waals surface area contributed by atoms with Gasteiger partial charge < -0.3 is 5.11 Å². The Balaban J connectivity index is 2.84. The normalized spacial score (nSPS) is 11.3. The quantitative estimate of drug-likeness (QED) is 0.766. The molecule has 0 fully saturated rings. The van der Waals surface area contributed by atoms with Crippen molar-refractivity contribution in [2.45, 2.75) is 45.4 Å². The lowest BCUT2D eigenvalue weighted by Crippen LogP contribution is -2.43. The van der Waals surface area contributed by atoms with E-state index in [0.29, 0.717) is 6.42 Å². The number of hydrogen-bond acceptors (Lipinski definition) is 2. The number of benzene rings is 2. The van der Waals surface area contributed by atoms with E-state index < -0.39 is 17.2 Å². The van der Waals surface area contributed by atoms with Gasteiger partial charge in [0.15, 0.2) is 0 Å². The molecule has 0 saturated heterocycles. The average Bonchev–Trinajstić information content (AvgIpc) is 2.57. The number of carboxylic acid groups (broad SMARTS) is 1. The first-order valence-electron chi connectivity index (χ1n) is 8.35. The molecule has 2 aromatic carbocycles. The van der Waals surface area contributed by atoms with Crippen LogP contribution in [0.5, 0.6) is 0 Å². The molecule has 0 aliphatic heterocycles. The molecule has 24 heavy (non-hydrogen) atoms. The number of carbonyl (C=O) groups excluding carboxylic acids is 1. The molecule has 0 unspecified atom stereocenters. The van der Waals surface area contributed by atoms with Crippen LogP contribution in [0.4, 0.5) is 0 Å². The van der Waals surface area contributed by atoms with E-state index >= 15 is 0 Å². The zero-order valence-electron chi connectivity index (χ0n) is 14.5. The molecule has 2 rings (SSSR count). The molecule has 3 heteroatoms. The second-order valence-corrected chi connectivity index (χ2v) is 6.27. The predicted octanol–water partition coefficient (Wildman–Crippen LogP) is 4.43. The fourth-order valence-corrected chi connectivity index (χ4v) is 3.50. The summed E-state index contributed by atoms with van der Waals surface area (Å²) in [5, 5.41) is 9.57. The van der Waals surface area contributed by atoms with Crippen LogP contribution in [-0.2, 0) is 15.0 Å². The number of Topliss-reactive ketones (excluding diaryl/α,β-unsaturated/α-hetero) is 1. The summed E-state index contributed by atoms with van der Waals surface area (Å²) in [7, 11) is 0. The second kappa shape index (κ2) is 7.43. The first kappa shape index (κ1) is 17.9. The van der Waals surface area contributed by atoms with E-state index in [0.717, 1.165) is 35.1 Å². The molecule has 126 valence electrons. The Morgan fingerprint density at radius 3 is 1.75 bits per heavy atom. The molecule has 0 atom stereocenters. The van der Waals surface area contributed by atoms with Crippen molar-refractivity contribution in [1.82, 2.24) is 0 Å². The van der Waals surface area contributed by atoms with Gasteiger partial charge in [0.25, 0.3) is 5.78 Å². The third kappa shape index (κ3) is 3.12. The van der Waals surface area contributed by atoms with Crippen molar-refractivity contribution in [2.75, 3.05) is 0 Å². The van der Waals surface area contributed by atoms with Crippen LogP contribution < -0.4 is 0 Å². The van der Waals surface area contributed by atoms with E-state index in [1.807, 2.05) is 69.3 Å². The Hall–Kier alpha value is -2.42. The van der Waals surface area contributed by atoms with Gasteiger partial charge in [-0.05, 0) is 42.5 Å². The Bertz CT molecular complexity index is 701. The van der Waals surface area contributed by atoms with E-state index in [1.165, 1.54) is 0 Å². The monoisotopic (exact) mass is 324 g/mol. The average molecular weight is 324 g/mol. The highest BCUT2D eigenvalue weighted by Crippen LogP contribution is 2.41. The molecule has 0 saturated carbocycles. The van der Waals surface area contributed by atoms with E-state index in [9.17, 15) is 14.7 Å². The lowest BCUT2D eigenvalue weighted by molar-refractivity contribution is -0.151. The second-order valence-electron chi connectivity index (χ2n) is 6.27. The molecule has 0 amide bonds. The van der Waals surface area contributed by atoms with Crippen LogP contribution >= 0.6 is 0 Å². The van der Waals surface area contributed by atoms with Crippen molar-refractivity contribution < 1.29 is 14.7 Å². The van der Waals surface area contributed by atoms with Crippen LogP contribution in [-0.4, -0.2) is 16.9 Å². The smallest absolute Gasteiger partial charge is 0.373 e. The van der Waals surface area contributed by atoms with Crippen molar-refractivity contribution in [3.05, 3.63) is 70.8 Å². The highest BCUT2D eigenvalue weighted by atomic mass is 16.4. The topological polar surface area (TPSA) is 54.4 Å². The summed E-state index contributed by atoms with van der Waals surface area (Å²) in [4.78, 5) is 24.7. The van der Waals surface area contributed by atoms with Crippen molar-refractivity contribution in [3.63, 3.8) is 0 Å². The fourth-order valence-electron chi connectivity index (χ4n) is 3.50. The lowest BCUT2D eigenvalue weighted by atomic mass is 9.65. The van der Waals surface area contributed by atoms with E-state index in [-0.39, 0.29) is 0 Å². The summed E-state index contributed by atoms with van der Waals surface area (Å²) in [6.45, 7) is 5.92. The van der Waals surface area contributed by atoms with Gasteiger partial charge in [-0.25, -0.2) is 4.79 Å². The van der Waals surface area contributed by atoms with Gasteiger partial charge in [-0.2, -0.15) is 0 Å². The molecular formula is C21H24O3. The van der Waals surface area contributed by atoms with Crippen LogP contribution in [0.25, 0.3) is 0 Å². The van der Waals surface area contributed by atoms with E-state index in [2.05, 4.69) is 0 Å². The molecule has 0 aromatic heterocycles. The summed E-state index contributed by atoms with van der Waals surface area (Å²) >= 11 is 0. The van der Waals surface area contributed by atoms with Crippen molar-refractivity contribution in [3.8, 4) is 0 Å². The standard InChI is InChI=1S/C21H24O3/c1-4-5-14-21(19(22)20(23)24,17-12-8-6-10-15(17)2)18-13-9-7-11-16(18)3/h6-13H,4-5,14H2,1-3H3,(H,23,24). The Kier molecular flexibility index (Phi) is 5.55. The molecule has 3 nitrogen and oxygen atoms in total. The van der Waals surface area contributed by atoms with Gasteiger partial charge in [-0.3, -0.25) is 4.79 Å². The number of ketones is 1. The Morgan fingerprint density at radius 2 is 1.38 bits per heavy atom.